The fourth-order valence-electron chi connectivity index (χ4n) is 3.16. The molecule has 0 aliphatic carbocycles. The zero-order valence-corrected chi connectivity index (χ0v) is 11.2. The number of hydrogen-bond acceptors (Lipinski definition) is 2. The van der Waals surface area contributed by atoms with E-state index in [1.807, 2.05) is 4.90 Å². The molecule has 102 valence electrons. The molecule has 2 saturated heterocycles. The molecule has 0 spiro atoms. The van der Waals surface area contributed by atoms with Crippen LogP contribution in [0.3, 0.4) is 0 Å². The van der Waals surface area contributed by atoms with Gasteiger partial charge in [-0.3, -0.25) is 4.79 Å². The van der Waals surface area contributed by atoms with Gasteiger partial charge in [0.25, 0.3) is 5.91 Å². The smallest absolute Gasteiger partial charge is 0.254 e. The van der Waals surface area contributed by atoms with Crippen LogP contribution in [0, 0.1) is 12.7 Å². The summed E-state index contributed by atoms with van der Waals surface area (Å²) in [6.07, 6.45) is 3.39. The Kier molecular flexibility index (Phi) is 3.27. The van der Waals surface area contributed by atoms with E-state index >= 15 is 0 Å². The third-order valence-electron chi connectivity index (χ3n) is 4.23. The summed E-state index contributed by atoms with van der Waals surface area (Å²) in [6.45, 7) is 3.36. The fourth-order valence-corrected chi connectivity index (χ4v) is 3.16. The summed E-state index contributed by atoms with van der Waals surface area (Å²) in [5.74, 6) is -0.252. The molecule has 2 heterocycles. The predicted octanol–water partition coefficient (Wildman–Crippen LogP) is 2.10. The van der Waals surface area contributed by atoms with Crippen LogP contribution in [0.4, 0.5) is 4.39 Å². The highest BCUT2D eigenvalue weighted by Gasteiger charge is 2.31. The van der Waals surface area contributed by atoms with Gasteiger partial charge in [-0.05, 0) is 49.9 Å². The first-order chi connectivity index (χ1) is 9.13. The maximum absolute atomic E-state index is 13.1. The van der Waals surface area contributed by atoms with Crippen LogP contribution in [0.25, 0.3) is 0 Å². The van der Waals surface area contributed by atoms with Crippen molar-refractivity contribution in [1.82, 2.24) is 10.2 Å². The molecule has 1 N–H and O–H groups in total. The summed E-state index contributed by atoms with van der Waals surface area (Å²) in [7, 11) is 0. The van der Waals surface area contributed by atoms with Gasteiger partial charge >= 0.3 is 0 Å². The molecular weight excluding hydrogens is 243 g/mol. The van der Waals surface area contributed by atoms with Crippen molar-refractivity contribution in [2.45, 2.75) is 38.3 Å². The number of fused-ring (bicyclic) bond motifs is 2. The molecule has 1 amide bonds. The summed E-state index contributed by atoms with van der Waals surface area (Å²) in [6, 6.07) is 5.39. The standard InChI is InChI=1S/C15H19FN2O/c1-10-8-11(16)2-5-14(10)15(19)18-7-6-12-3-4-13(9-18)17-12/h2,5,8,12-13,17H,3-4,6-7,9H2,1H3. The van der Waals surface area contributed by atoms with Crippen LogP contribution < -0.4 is 5.32 Å². The molecule has 0 saturated carbocycles. The van der Waals surface area contributed by atoms with Crippen molar-refractivity contribution in [2.24, 2.45) is 0 Å². The molecule has 2 fully saturated rings. The third kappa shape index (κ3) is 2.50. The van der Waals surface area contributed by atoms with Gasteiger partial charge in [0.2, 0.25) is 0 Å². The first-order valence-corrected chi connectivity index (χ1v) is 6.95. The van der Waals surface area contributed by atoms with Crippen LogP contribution in [-0.2, 0) is 0 Å². The van der Waals surface area contributed by atoms with Gasteiger partial charge in [0, 0.05) is 30.7 Å². The molecule has 2 aliphatic heterocycles. The Morgan fingerprint density at radius 3 is 2.89 bits per heavy atom. The van der Waals surface area contributed by atoms with Gasteiger partial charge in [0.15, 0.2) is 0 Å². The molecule has 2 aliphatic rings. The molecule has 2 atom stereocenters. The number of benzene rings is 1. The lowest BCUT2D eigenvalue weighted by molar-refractivity contribution is 0.0747. The lowest BCUT2D eigenvalue weighted by Crippen LogP contribution is -2.39. The summed E-state index contributed by atoms with van der Waals surface area (Å²) in [5.41, 5.74) is 1.34. The zero-order chi connectivity index (χ0) is 13.4. The highest BCUT2D eigenvalue weighted by Crippen LogP contribution is 2.22. The van der Waals surface area contributed by atoms with E-state index < -0.39 is 0 Å². The van der Waals surface area contributed by atoms with E-state index in [0.717, 1.165) is 25.9 Å². The van der Waals surface area contributed by atoms with Crippen LogP contribution in [0.1, 0.15) is 35.2 Å². The number of carbonyl (C=O) groups is 1. The van der Waals surface area contributed by atoms with Crippen molar-refractivity contribution in [3.63, 3.8) is 0 Å². The summed E-state index contributed by atoms with van der Waals surface area (Å²) >= 11 is 0. The number of hydrogen-bond donors (Lipinski definition) is 1. The second-order valence-corrected chi connectivity index (χ2v) is 5.64. The Hall–Kier alpha value is -1.42. The van der Waals surface area contributed by atoms with E-state index in [1.54, 1.807) is 13.0 Å². The van der Waals surface area contributed by atoms with Crippen LogP contribution in [0.2, 0.25) is 0 Å². The van der Waals surface area contributed by atoms with Crippen molar-refractivity contribution in [1.29, 1.82) is 0 Å². The molecule has 3 rings (SSSR count). The van der Waals surface area contributed by atoms with E-state index in [1.165, 1.54) is 18.6 Å². The maximum Gasteiger partial charge on any atom is 0.254 e. The highest BCUT2D eigenvalue weighted by atomic mass is 19.1. The van der Waals surface area contributed by atoms with Gasteiger partial charge in [-0.2, -0.15) is 0 Å². The maximum atomic E-state index is 13.1. The van der Waals surface area contributed by atoms with Crippen LogP contribution in [0.15, 0.2) is 18.2 Å². The second-order valence-electron chi connectivity index (χ2n) is 5.64. The lowest BCUT2D eigenvalue weighted by atomic mass is 10.0. The van der Waals surface area contributed by atoms with E-state index in [9.17, 15) is 9.18 Å². The van der Waals surface area contributed by atoms with Crippen molar-refractivity contribution in [3.8, 4) is 0 Å². The summed E-state index contributed by atoms with van der Waals surface area (Å²) in [4.78, 5) is 14.5. The number of aryl methyl sites for hydroxylation is 1. The number of nitrogens with one attached hydrogen (secondary N) is 1. The van der Waals surface area contributed by atoms with E-state index in [2.05, 4.69) is 5.32 Å². The molecule has 1 aromatic carbocycles. The molecule has 2 unspecified atom stereocenters. The largest absolute Gasteiger partial charge is 0.337 e. The first kappa shape index (κ1) is 12.6. The number of rotatable bonds is 1. The van der Waals surface area contributed by atoms with Gasteiger partial charge in [-0.15, -0.1) is 0 Å². The molecule has 3 nitrogen and oxygen atoms in total. The SMILES string of the molecule is Cc1cc(F)ccc1C(=O)N1CCC2CCC(C1)N2. The van der Waals surface area contributed by atoms with E-state index in [-0.39, 0.29) is 11.7 Å². The Bertz CT molecular complexity index is 503. The first-order valence-electron chi connectivity index (χ1n) is 6.95. The van der Waals surface area contributed by atoms with Gasteiger partial charge < -0.3 is 10.2 Å². The minimum absolute atomic E-state index is 0.0341. The van der Waals surface area contributed by atoms with Crippen molar-refractivity contribution in [2.75, 3.05) is 13.1 Å². The summed E-state index contributed by atoms with van der Waals surface area (Å²) in [5, 5.41) is 3.56. The predicted molar refractivity (Wildman–Crippen MR) is 71.6 cm³/mol. The van der Waals surface area contributed by atoms with Gasteiger partial charge in [-0.25, -0.2) is 4.39 Å². The molecule has 0 radical (unpaired) electrons. The topological polar surface area (TPSA) is 32.3 Å². The quantitative estimate of drug-likeness (QED) is 0.840. The second kappa shape index (κ2) is 4.93. The molecule has 1 aromatic rings. The number of amides is 1. The zero-order valence-electron chi connectivity index (χ0n) is 11.2. The third-order valence-corrected chi connectivity index (χ3v) is 4.23. The van der Waals surface area contributed by atoms with E-state index in [0.29, 0.717) is 23.2 Å². The van der Waals surface area contributed by atoms with Crippen molar-refractivity contribution < 1.29 is 9.18 Å². The highest BCUT2D eigenvalue weighted by molar-refractivity contribution is 5.95. The molecular formula is C15H19FN2O. The van der Waals surface area contributed by atoms with Gasteiger partial charge in [0.05, 0.1) is 0 Å². The van der Waals surface area contributed by atoms with Gasteiger partial charge in [0.1, 0.15) is 5.82 Å². The normalized spacial score (nSPS) is 26.3. The molecule has 19 heavy (non-hydrogen) atoms. The Morgan fingerprint density at radius 1 is 1.32 bits per heavy atom. The monoisotopic (exact) mass is 262 g/mol. The number of nitrogens with zero attached hydrogens (tertiary/aromatic N) is 1. The van der Waals surface area contributed by atoms with Crippen LogP contribution >= 0.6 is 0 Å². The Balaban J connectivity index is 1.79. The molecule has 4 heteroatoms. The Labute approximate surface area is 112 Å². The minimum atomic E-state index is -0.286. The van der Waals surface area contributed by atoms with Crippen molar-refractivity contribution in [3.05, 3.63) is 35.1 Å². The van der Waals surface area contributed by atoms with Gasteiger partial charge in [-0.1, -0.05) is 0 Å². The Morgan fingerprint density at radius 2 is 2.11 bits per heavy atom. The molecule has 0 aromatic heterocycles. The number of likely N-dealkylation sites (tertiary alicyclic amines) is 1. The number of halogens is 1. The van der Waals surface area contributed by atoms with Crippen LogP contribution in [0.5, 0.6) is 0 Å². The van der Waals surface area contributed by atoms with Crippen molar-refractivity contribution >= 4 is 5.91 Å². The minimum Gasteiger partial charge on any atom is -0.337 e. The average molecular weight is 262 g/mol. The van der Waals surface area contributed by atoms with E-state index in [4.69, 9.17) is 0 Å². The average Bonchev–Trinajstić information content (AvgIpc) is 2.68. The molecule has 2 bridgehead atoms. The summed E-state index contributed by atoms with van der Waals surface area (Å²) < 4.78 is 13.1. The van der Waals surface area contributed by atoms with Crippen LogP contribution in [-0.4, -0.2) is 36.0 Å². The fraction of sp³-hybridized carbons (Fsp3) is 0.533. The lowest BCUT2D eigenvalue weighted by Gasteiger charge is -2.25. The number of carbonyl (C=O) groups excluding carboxylic acids is 1.